The van der Waals surface area contributed by atoms with Crippen LogP contribution in [0.15, 0.2) is 73.1 Å². The molecule has 1 amide bonds. The first-order valence-corrected chi connectivity index (χ1v) is 11.2. The summed E-state index contributed by atoms with van der Waals surface area (Å²) in [4.78, 5) is 12.0. The number of carbonyl (C=O) groups excluding carboxylic acids is 1. The highest BCUT2D eigenvalue weighted by Gasteiger charge is 2.25. The average molecular weight is 477 g/mol. The molecule has 3 aromatic carbocycles. The van der Waals surface area contributed by atoms with Crippen LogP contribution in [0.2, 0.25) is 10.0 Å². The fraction of sp³-hybridized carbons (Fsp3) is 0.115. The van der Waals surface area contributed by atoms with Gasteiger partial charge in [-0.2, -0.15) is 0 Å². The Morgan fingerprint density at radius 2 is 1.30 bits per heavy atom. The van der Waals surface area contributed by atoms with E-state index in [1.54, 1.807) is 12.1 Å². The molecule has 2 heterocycles. The second-order valence-electron chi connectivity index (χ2n) is 8.24. The van der Waals surface area contributed by atoms with Gasteiger partial charge in [0.1, 0.15) is 0 Å². The molecule has 0 radical (unpaired) electrons. The molecule has 0 saturated heterocycles. The lowest BCUT2D eigenvalue weighted by atomic mass is 9.84. The van der Waals surface area contributed by atoms with Gasteiger partial charge in [0, 0.05) is 69.8 Å². The van der Waals surface area contributed by atoms with Crippen molar-refractivity contribution in [2.45, 2.75) is 5.92 Å². The molecule has 166 valence electrons. The molecule has 0 spiro atoms. The Kier molecular flexibility index (Phi) is 5.41. The molecule has 5 aromatic rings. The van der Waals surface area contributed by atoms with Crippen LogP contribution in [0, 0.1) is 0 Å². The SMILES string of the molecule is Cn1cc(C(c2ccc(C(=O)NN)cc2)c2cn(C)c3ccc(Cl)cc23)c2cc(Cl)ccc21. The van der Waals surface area contributed by atoms with Gasteiger partial charge in [-0.25, -0.2) is 5.84 Å². The predicted octanol–water partition coefficient (Wildman–Crippen LogP) is 5.76. The van der Waals surface area contributed by atoms with Crippen LogP contribution in [0.3, 0.4) is 0 Å². The lowest BCUT2D eigenvalue weighted by molar-refractivity contribution is 0.0953. The third kappa shape index (κ3) is 3.68. The summed E-state index contributed by atoms with van der Waals surface area (Å²) in [5.74, 6) is 4.88. The van der Waals surface area contributed by atoms with Crippen molar-refractivity contribution < 1.29 is 4.79 Å². The van der Waals surface area contributed by atoms with E-state index in [4.69, 9.17) is 29.0 Å². The first-order chi connectivity index (χ1) is 15.9. The molecule has 0 fully saturated rings. The van der Waals surface area contributed by atoms with E-state index in [0.717, 1.165) is 38.5 Å². The Balaban J connectivity index is 1.80. The number of rotatable bonds is 4. The number of nitrogen functional groups attached to an aromatic ring is 1. The largest absolute Gasteiger partial charge is 0.350 e. The average Bonchev–Trinajstić information content (AvgIpc) is 3.30. The van der Waals surface area contributed by atoms with E-state index in [0.29, 0.717) is 15.6 Å². The number of benzene rings is 3. The van der Waals surface area contributed by atoms with E-state index in [1.807, 2.05) is 62.6 Å². The van der Waals surface area contributed by atoms with Gasteiger partial charge in [0.15, 0.2) is 0 Å². The van der Waals surface area contributed by atoms with Gasteiger partial charge in [0.25, 0.3) is 5.91 Å². The molecule has 0 saturated carbocycles. The Morgan fingerprint density at radius 1 is 0.818 bits per heavy atom. The second-order valence-corrected chi connectivity index (χ2v) is 9.11. The van der Waals surface area contributed by atoms with Gasteiger partial charge >= 0.3 is 0 Å². The van der Waals surface area contributed by atoms with Crippen LogP contribution < -0.4 is 11.3 Å². The lowest BCUT2D eigenvalue weighted by Crippen LogP contribution is -2.29. The first-order valence-electron chi connectivity index (χ1n) is 10.5. The molecular weight excluding hydrogens is 455 g/mol. The number of hydrogen-bond acceptors (Lipinski definition) is 2. The van der Waals surface area contributed by atoms with E-state index in [2.05, 4.69) is 27.0 Å². The highest BCUT2D eigenvalue weighted by molar-refractivity contribution is 6.31. The van der Waals surface area contributed by atoms with Gasteiger partial charge in [-0.15, -0.1) is 0 Å². The fourth-order valence-corrected chi connectivity index (χ4v) is 5.03. The van der Waals surface area contributed by atoms with Gasteiger partial charge in [0.05, 0.1) is 0 Å². The third-order valence-corrected chi connectivity index (χ3v) is 6.69. The van der Waals surface area contributed by atoms with Gasteiger partial charge in [-0.1, -0.05) is 35.3 Å². The number of nitrogens with zero attached hydrogens (tertiary/aromatic N) is 2. The number of halogens is 2. The maximum absolute atomic E-state index is 12.0. The van der Waals surface area contributed by atoms with Crippen molar-refractivity contribution in [3.05, 3.63) is 105 Å². The quantitative estimate of drug-likeness (QED) is 0.196. The van der Waals surface area contributed by atoms with Gasteiger partial charge < -0.3 is 9.13 Å². The van der Waals surface area contributed by atoms with Crippen molar-refractivity contribution in [2.75, 3.05) is 0 Å². The minimum absolute atomic E-state index is 0.107. The molecular formula is C26H22Cl2N4O. The van der Waals surface area contributed by atoms with E-state index >= 15 is 0 Å². The zero-order chi connectivity index (χ0) is 23.3. The van der Waals surface area contributed by atoms with Crippen LogP contribution in [0.25, 0.3) is 21.8 Å². The molecule has 33 heavy (non-hydrogen) atoms. The number of nitrogens with one attached hydrogen (secondary N) is 1. The Labute approximate surface area is 201 Å². The zero-order valence-corrected chi connectivity index (χ0v) is 19.7. The molecule has 0 bridgehead atoms. The zero-order valence-electron chi connectivity index (χ0n) is 18.1. The number of hydrazine groups is 1. The summed E-state index contributed by atoms with van der Waals surface area (Å²) in [6.45, 7) is 0. The summed E-state index contributed by atoms with van der Waals surface area (Å²) >= 11 is 12.8. The molecule has 2 aromatic heterocycles. The molecule has 5 nitrogen and oxygen atoms in total. The Morgan fingerprint density at radius 3 is 1.76 bits per heavy atom. The number of amides is 1. The van der Waals surface area contributed by atoms with Crippen LogP contribution in [-0.2, 0) is 14.1 Å². The minimum atomic E-state index is -0.327. The van der Waals surface area contributed by atoms with Gasteiger partial charge in [-0.3, -0.25) is 10.2 Å². The van der Waals surface area contributed by atoms with Crippen molar-refractivity contribution in [1.82, 2.24) is 14.6 Å². The Bertz CT molecular complexity index is 1430. The van der Waals surface area contributed by atoms with Crippen molar-refractivity contribution in [3.63, 3.8) is 0 Å². The van der Waals surface area contributed by atoms with Crippen molar-refractivity contribution in [3.8, 4) is 0 Å². The molecule has 0 aliphatic rings. The normalized spacial score (nSPS) is 11.6. The standard InChI is InChI=1S/C26H22Cl2N4O/c1-31-13-21(19-11-17(27)7-9-23(19)31)25(15-3-5-16(6-4-15)26(33)30-29)22-14-32(2)24-10-8-18(28)12-20(22)24/h3-14,25H,29H2,1-2H3,(H,30,33). The summed E-state index contributed by atoms with van der Waals surface area (Å²) in [5.41, 5.74) is 8.17. The van der Waals surface area contributed by atoms with Crippen LogP contribution in [-0.4, -0.2) is 15.0 Å². The highest BCUT2D eigenvalue weighted by Crippen LogP contribution is 2.41. The molecule has 0 aliphatic heterocycles. The van der Waals surface area contributed by atoms with Crippen molar-refractivity contribution >= 4 is 50.9 Å². The van der Waals surface area contributed by atoms with Crippen LogP contribution in [0.5, 0.6) is 0 Å². The topological polar surface area (TPSA) is 65.0 Å². The Hall–Kier alpha value is -3.25. The van der Waals surface area contributed by atoms with Crippen LogP contribution >= 0.6 is 23.2 Å². The fourth-order valence-electron chi connectivity index (χ4n) is 4.69. The van der Waals surface area contributed by atoms with Crippen LogP contribution in [0.1, 0.15) is 33.0 Å². The molecule has 0 aliphatic carbocycles. The lowest BCUT2D eigenvalue weighted by Gasteiger charge is -2.18. The van der Waals surface area contributed by atoms with E-state index in [-0.39, 0.29) is 11.8 Å². The minimum Gasteiger partial charge on any atom is -0.350 e. The number of aromatic nitrogens is 2. The number of nitrogens with two attached hydrogens (primary N) is 1. The highest BCUT2D eigenvalue weighted by atomic mass is 35.5. The molecule has 0 atom stereocenters. The van der Waals surface area contributed by atoms with Crippen LogP contribution in [0.4, 0.5) is 0 Å². The molecule has 5 rings (SSSR count). The number of carbonyl (C=O) groups is 1. The summed E-state index contributed by atoms with van der Waals surface area (Å²) < 4.78 is 4.23. The first kappa shape index (κ1) is 21.6. The number of fused-ring (bicyclic) bond motifs is 2. The summed E-state index contributed by atoms with van der Waals surface area (Å²) in [7, 11) is 4.07. The molecule has 7 heteroatoms. The summed E-state index contributed by atoms with van der Waals surface area (Å²) in [5, 5.41) is 3.53. The van der Waals surface area contributed by atoms with Crippen molar-refractivity contribution in [1.29, 1.82) is 0 Å². The number of hydrogen-bond donors (Lipinski definition) is 2. The maximum Gasteiger partial charge on any atom is 0.265 e. The monoisotopic (exact) mass is 476 g/mol. The second kappa shape index (κ2) is 8.27. The van der Waals surface area contributed by atoms with E-state index < -0.39 is 0 Å². The van der Waals surface area contributed by atoms with Crippen molar-refractivity contribution in [2.24, 2.45) is 19.9 Å². The molecule has 0 unspecified atom stereocenters. The summed E-state index contributed by atoms with van der Waals surface area (Å²) in [6.07, 6.45) is 4.30. The van der Waals surface area contributed by atoms with E-state index in [9.17, 15) is 4.79 Å². The maximum atomic E-state index is 12.0. The van der Waals surface area contributed by atoms with Gasteiger partial charge in [0.2, 0.25) is 0 Å². The van der Waals surface area contributed by atoms with Gasteiger partial charge in [-0.05, 0) is 65.2 Å². The third-order valence-electron chi connectivity index (χ3n) is 6.22. The molecule has 3 N–H and O–H groups in total. The smallest absolute Gasteiger partial charge is 0.265 e. The number of aryl methyl sites for hydroxylation is 2. The van der Waals surface area contributed by atoms with E-state index in [1.165, 1.54) is 0 Å². The predicted molar refractivity (Wildman–Crippen MR) is 135 cm³/mol. The summed E-state index contributed by atoms with van der Waals surface area (Å²) in [6, 6.07) is 19.4.